The molecule has 1 atom stereocenters. The number of hydrogen-bond acceptors (Lipinski definition) is 5. The molecule has 1 amide bonds. The quantitative estimate of drug-likeness (QED) is 0.586. The number of nitrogens with one attached hydrogen (secondary N) is 1. The Morgan fingerprint density at radius 1 is 1.45 bits per heavy atom. The van der Waals surface area contributed by atoms with Crippen LogP contribution in [0.15, 0.2) is 24.3 Å². The van der Waals surface area contributed by atoms with Crippen LogP contribution in [0.5, 0.6) is 0 Å². The molecule has 0 spiro atoms. The van der Waals surface area contributed by atoms with E-state index in [1.54, 1.807) is 19.2 Å². The summed E-state index contributed by atoms with van der Waals surface area (Å²) < 4.78 is 4.93. The van der Waals surface area contributed by atoms with Crippen molar-refractivity contribution < 1.29 is 14.5 Å². The zero-order valence-electron chi connectivity index (χ0n) is 11.5. The smallest absolute Gasteiger partial charge is 0.269 e. The minimum absolute atomic E-state index is 0.00697. The lowest BCUT2D eigenvalue weighted by atomic mass is 10.2. The van der Waals surface area contributed by atoms with Gasteiger partial charge in [0.2, 0.25) is 5.91 Å². The molecule has 0 radical (unpaired) electrons. The fourth-order valence-corrected chi connectivity index (χ4v) is 2.38. The molecule has 0 aliphatic carbocycles. The molecule has 0 aromatic heterocycles. The van der Waals surface area contributed by atoms with E-state index in [1.165, 1.54) is 23.9 Å². The Hall–Kier alpha value is -1.60. The molecule has 0 bridgehead atoms. The summed E-state index contributed by atoms with van der Waals surface area (Å²) in [5, 5.41) is 13.3. The molecule has 7 heteroatoms. The van der Waals surface area contributed by atoms with Crippen LogP contribution in [-0.2, 0) is 15.3 Å². The van der Waals surface area contributed by atoms with Crippen LogP contribution < -0.4 is 5.32 Å². The average molecular weight is 298 g/mol. The van der Waals surface area contributed by atoms with Gasteiger partial charge in [0.15, 0.2) is 0 Å². The molecule has 1 aromatic carbocycles. The van der Waals surface area contributed by atoms with Crippen molar-refractivity contribution in [3.63, 3.8) is 0 Å². The van der Waals surface area contributed by atoms with E-state index >= 15 is 0 Å². The third kappa shape index (κ3) is 6.03. The van der Waals surface area contributed by atoms with Gasteiger partial charge in [-0.05, 0) is 12.5 Å². The lowest BCUT2D eigenvalue weighted by molar-refractivity contribution is -0.384. The molecular weight excluding hydrogens is 280 g/mol. The number of hydrogen-bond donors (Lipinski definition) is 1. The van der Waals surface area contributed by atoms with Gasteiger partial charge in [0.25, 0.3) is 5.69 Å². The number of non-ortho nitro benzene ring substituents is 1. The van der Waals surface area contributed by atoms with Gasteiger partial charge in [-0.25, -0.2) is 0 Å². The fourth-order valence-electron chi connectivity index (χ4n) is 1.58. The lowest BCUT2D eigenvalue weighted by Crippen LogP contribution is -2.36. The van der Waals surface area contributed by atoms with Gasteiger partial charge in [0, 0.05) is 31.0 Å². The van der Waals surface area contributed by atoms with Crippen LogP contribution in [0.1, 0.15) is 12.5 Å². The van der Waals surface area contributed by atoms with Crippen LogP contribution >= 0.6 is 11.8 Å². The van der Waals surface area contributed by atoms with Gasteiger partial charge < -0.3 is 10.1 Å². The summed E-state index contributed by atoms with van der Waals surface area (Å²) in [6, 6.07) is 6.34. The van der Waals surface area contributed by atoms with Crippen LogP contribution in [0, 0.1) is 10.1 Å². The zero-order valence-corrected chi connectivity index (χ0v) is 12.3. The molecule has 1 aromatic rings. The van der Waals surface area contributed by atoms with E-state index in [1.807, 2.05) is 6.92 Å². The van der Waals surface area contributed by atoms with Crippen molar-refractivity contribution in [1.82, 2.24) is 5.32 Å². The normalized spacial score (nSPS) is 11.9. The van der Waals surface area contributed by atoms with E-state index in [2.05, 4.69) is 5.32 Å². The van der Waals surface area contributed by atoms with Crippen LogP contribution in [0.25, 0.3) is 0 Å². The van der Waals surface area contributed by atoms with Gasteiger partial charge in [0.05, 0.1) is 17.3 Å². The summed E-state index contributed by atoms with van der Waals surface area (Å²) in [6.07, 6.45) is 0. The number of thioether (sulfide) groups is 1. The average Bonchev–Trinajstić information content (AvgIpc) is 2.39. The van der Waals surface area contributed by atoms with Crippen molar-refractivity contribution in [3.05, 3.63) is 39.9 Å². The second-order valence-electron chi connectivity index (χ2n) is 4.34. The molecule has 110 valence electrons. The molecule has 0 saturated carbocycles. The van der Waals surface area contributed by atoms with Crippen LogP contribution in [0.3, 0.4) is 0 Å². The number of benzene rings is 1. The molecule has 0 heterocycles. The van der Waals surface area contributed by atoms with Gasteiger partial charge in [-0.3, -0.25) is 14.9 Å². The summed E-state index contributed by atoms with van der Waals surface area (Å²) in [5.74, 6) is 0.955. The van der Waals surface area contributed by atoms with Gasteiger partial charge in [-0.15, -0.1) is 11.8 Å². The predicted molar refractivity (Wildman–Crippen MR) is 78.7 cm³/mol. The van der Waals surface area contributed by atoms with Gasteiger partial charge in [-0.2, -0.15) is 0 Å². The summed E-state index contributed by atoms with van der Waals surface area (Å²) in [7, 11) is 1.59. The van der Waals surface area contributed by atoms with E-state index in [-0.39, 0.29) is 17.6 Å². The molecule has 0 fully saturated rings. The zero-order chi connectivity index (χ0) is 15.0. The van der Waals surface area contributed by atoms with Crippen LogP contribution in [0.4, 0.5) is 5.69 Å². The first-order chi connectivity index (χ1) is 9.52. The Labute approximate surface area is 122 Å². The van der Waals surface area contributed by atoms with Crippen molar-refractivity contribution in [2.24, 2.45) is 0 Å². The largest absolute Gasteiger partial charge is 0.383 e. The number of rotatable bonds is 8. The molecule has 0 saturated heterocycles. The summed E-state index contributed by atoms with van der Waals surface area (Å²) >= 11 is 1.47. The maximum absolute atomic E-state index is 11.6. The van der Waals surface area contributed by atoms with Crippen LogP contribution in [-0.4, -0.2) is 36.3 Å². The molecule has 0 aliphatic heterocycles. The molecule has 1 N–H and O–H groups in total. The van der Waals surface area contributed by atoms with Gasteiger partial charge in [0.1, 0.15) is 0 Å². The van der Waals surface area contributed by atoms with Crippen LogP contribution in [0.2, 0.25) is 0 Å². The van der Waals surface area contributed by atoms with E-state index in [9.17, 15) is 14.9 Å². The second kappa shape index (κ2) is 8.55. The minimum Gasteiger partial charge on any atom is -0.383 e. The minimum atomic E-state index is -0.429. The molecule has 0 unspecified atom stereocenters. The lowest BCUT2D eigenvalue weighted by Gasteiger charge is -2.12. The number of carbonyl (C=O) groups excluding carboxylic acids is 1. The Kier molecular flexibility index (Phi) is 7.03. The van der Waals surface area contributed by atoms with Gasteiger partial charge in [-0.1, -0.05) is 12.1 Å². The van der Waals surface area contributed by atoms with Gasteiger partial charge >= 0.3 is 0 Å². The number of amides is 1. The summed E-state index contributed by atoms with van der Waals surface area (Å²) in [5.41, 5.74) is 1.03. The molecule has 0 aliphatic rings. The van der Waals surface area contributed by atoms with E-state index in [0.717, 1.165) is 5.56 Å². The van der Waals surface area contributed by atoms with E-state index in [0.29, 0.717) is 18.1 Å². The molecule has 6 nitrogen and oxygen atoms in total. The highest BCUT2D eigenvalue weighted by Gasteiger charge is 2.08. The highest BCUT2D eigenvalue weighted by atomic mass is 32.2. The first-order valence-electron chi connectivity index (χ1n) is 6.12. The van der Waals surface area contributed by atoms with E-state index < -0.39 is 4.92 Å². The molecular formula is C13H18N2O4S. The SMILES string of the molecule is COC[C@@H](C)NC(=O)CSCc1ccc([N+](=O)[O-])cc1. The molecule has 20 heavy (non-hydrogen) atoms. The maximum Gasteiger partial charge on any atom is 0.269 e. The number of carbonyl (C=O) groups is 1. The van der Waals surface area contributed by atoms with Crippen molar-refractivity contribution in [3.8, 4) is 0 Å². The third-order valence-electron chi connectivity index (χ3n) is 2.47. The van der Waals surface area contributed by atoms with Crippen molar-refractivity contribution in [2.45, 2.75) is 18.7 Å². The van der Waals surface area contributed by atoms with Crippen molar-refractivity contribution in [1.29, 1.82) is 0 Å². The van der Waals surface area contributed by atoms with Crippen molar-refractivity contribution in [2.75, 3.05) is 19.5 Å². The summed E-state index contributed by atoms with van der Waals surface area (Å²) in [6.45, 7) is 2.36. The summed E-state index contributed by atoms with van der Waals surface area (Å²) in [4.78, 5) is 21.7. The molecule has 1 rings (SSSR count). The maximum atomic E-state index is 11.6. The Morgan fingerprint density at radius 2 is 2.10 bits per heavy atom. The number of nitro groups is 1. The number of methoxy groups -OCH3 is 1. The Bertz CT molecular complexity index is 450. The monoisotopic (exact) mass is 298 g/mol. The predicted octanol–water partition coefficient (Wildman–Crippen LogP) is 1.98. The first kappa shape index (κ1) is 16.5. The number of ether oxygens (including phenoxy) is 1. The highest BCUT2D eigenvalue weighted by molar-refractivity contribution is 7.99. The standard InChI is InChI=1S/C13H18N2O4S/c1-10(7-19-2)14-13(16)9-20-8-11-3-5-12(6-4-11)15(17)18/h3-6,10H,7-9H2,1-2H3,(H,14,16)/t10-/m1/s1. The highest BCUT2D eigenvalue weighted by Crippen LogP contribution is 2.16. The number of nitrogens with zero attached hydrogens (tertiary/aromatic N) is 1. The topological polar surface area (TPSA) is 81.5 Å². The second-order valence-corrected chi connectivity index (χ2v) is 5.33. The number of nitro benzene ring substituents is 1. The fraction of sp³-hybridized carbons (Fsp3) is 0.462. The van der Waals surface area contributed by atoms with E-state index in [4.69, 9.17) is 4.74 Å². The van der Waals surface area contributed by atoms with Crippen molar-refractivity contribution >= 4 is 23.4 Å². The first-order valence-corrected chi connectivity index (χ1v) is 7.27. The third-order valence-corrected chi connectivity index (χ3v) is 3.48. The Balaban J connectivity index is 2.30. The Morgan fingerprint density at radius 3 is 2.65 bits per heavy atom.